The van der Waals surface area contributed by atoms with Gasteiger partial charge >= 0.3 is 0 Å². The van der Waals surface area contributed by atoms with E-state index in [-0.39, 0.29) is 11.9 Å². The Morgan fingerprint density at radius 1 is 1.35 bits per heavy atom. The summed E-state index contributed by atoms with van der Waals surface area (Å²) in [6, 6.07) is 8.12. The molecule has 2 atom stereocenters. The van der Waals surface area contributed by atoms with Crippen LogP contribution in [0.1, 0.15) is 67.0 Å². The molecule has 1 amide bonds. The molecule has 1 fully saturated rings. The Balaban J connectivity index is 1.66. The third kappa shape index (κ3) is 4.51. The first-order chi connectivity index (χ1) is 12.6. The molecule has 140 valence electrons. The van der Waals surface area contributed by atoms with Gasteiger partial charge in [0.2, 0.25) is 5.91 Å². The Morgan fingerprint density at radius 2 is 2.12 bits per heavy atom. The summed E-state index contributed by atoms with van der Waals surface area (Å²) in [5.41, 5.74) is 1.87. The number of hydrogen-bond donors (Lipinski definition) is 1. The minimum Gasteiger partial charge on any atom is -0.388 e. The zero-order valence-electron chi connectivity index (χ0n) is 15.6. The van der Waals surface area contributed by atoms with Crippen LogP contribution in [-0.4, -0.2) is 22.0 Å². The number of benzene rings is 1. The molecule has 4 nitrogen and oxygen atoms in total. The number of carbonyl (C=O) groups is 1. The third-order valence-electron chi connectivity index (χ3n) is 5.10. The lowest BCUT2D eigenvalue weighted by molar-refractivity contribution is -0.120. The van der Waals surface area contributed by atoms with Crippen LogP contribution < -0.4 is 4.90 Å². The normalized spacial score (nSPS) is 19.0. The van der Waals surface area contributed by atoms with Crippen molar-refractivity contribution in [2.45, 2.75) is 70.9 Å². The van der Waals surface area contributed by atoms with Gasteiger partial charge in [0.05, 0.1) is 11.1 Å². The lowest BCUT2D eigenvalue weighted by Crippen LogP contribution is -2.43. The van der Waals surface area contributed by atoms with Crippen molar-refractivity contribution in [3.63, 3.8) is 0 Å². The minimum atomic E-state index is -0.432. The minimum absolute atomic E-state index is 0.218. The van der Waals surface area contributed by atoms with Gasteiger partial charge < -0.3 is 10.0 Å². The monoisotopic (exact) mass is 372 g/mol. The molecule has 1 N–H and O–H groups in total. The molecule has 2 aromatic rings. The van der Waals surface area contributed by atoms with Gasteiger partial charge in [-0.1, -0.05) is 19.1 Å². The number of hydrogen-bond acceptors (Lipinski definition) is 4. The fourth-order valence-electron chi connectivity index (χ4n) is 3.67. The molecule has 1 aromatic heterocycles. The summed E-state index contributed by atoms with van der Waals surface area (Å²) in [4.78, 5) is 20.3. The summed E-state index contributed by atoms with van der Waals surface area (Å²) >= 11 is 1.76. The van der Waals surface area contributed by atoms with Crippen molar-refractivity contribution in [2.24, 2.45) is 0 Å². The summed E-state index contributed by atoms with van der Waals surface area (Å²) in [6.45, 7) is 4.05. The predicted octanol–water partition coefficient (Wildman–Crippen LogP) is 4.80. The second-order valence-corrected chi connectivity index (χ2v) is 8.40. The lowest BCUT2D eigenvalue weighted by atomic mass is 9.95. The van der Waals surface area contributed by atoms with E-state index >= 15 is 0 Å². The van der Waals surface area contributed by atoms with E-state index in [0.29, 0.717) is 12.8 Å². The van der Waals surface area contributed by atoms with Crippen molar-refractivity contribution >= 4 is 22.9 Å². The van der Waals surface area contributed by atoms with E-state index in [4.69, 9.17) is 0 Å². The Hall–Kier alpha value is -1.72. The van der Waals surface area contributed by atoms with Crippen LogP contribution in [0.15, 0.2) is 30.5 Å². The van der Waals surface area contributed by atoms with Crippen molar-refractivity contribution in [1.29, 1.82) is 0 Å². The molecule has 0 radical (unpaired) electrons. The quantitative estimate of drug-likeness (QED) is 0.759. The molecule has 0 spiro atoms. The molecule has 1 aliphatic heterocycles. The van der Waals surface area contributed by atoms with Crippen molar-refractivity contribution in [2.75, 3.05) is 4.90 Å². The van der Waals surface area contributed by atoms with Crippen molar-refractivity contribution in [3.05, 3.63) is 45.9 Å². The standard InChI is InChI=1S/C21H28N2O2S/c1-3-19(24)16-10-12-18(13-11-16)23-17(7-5-9-21(23)25)6-4-8-20-22-14-15(2)26-20/h10-14,17,19,24H,3-9H2,1-2H3. The fraction of sp³-hybridized carbons (Fsp3) is 0.524. The van der Waals surface area contributed by atoms with E-state index < -0.39 is 6.10 Å². The van der Waals surface area contributed by atoms with E-state index in [1.807, 2.05) is 42.3 Å². The molecule has 26 heavy (non-hydrogen) atoms. The Morgan fingerprint density at radius 3 is 2.77 bits per heavy atom. The largest absolute Gasteiger partial charge is 0.388 e. The molecular formula is C21H28N2O2S. The summed E-state index contributed by atoms with van der Waals surface area (Å²) in [7, 11) is 0. The smallest absolute Gasteiger partial charge is 0.227 e. The van der Waals surface area contributed by atoms with E-state index in [2.05, 4.69) is 11.9 Å². The molecule has 1 aromatic carbocycles. The third-order valence-corrected chi connectivity index (χ3v) is 6.07. The summed E-state index contributed by atoms with van der Waals surface area (Å²) in [5, 5.41) is 11.2. The number of aliphatic hydroxyl groups is 1. The maximum absolute atomic E-state index is 12.6. The second kappa shape index (κ2) is 8.78. The van der Waals surface area contributed by atoms with Gasteiger partial charge in [0.1, 0.15) is 0 Å². The van der Waals surface area contributed by atoms with E-state index in [0.717, 1.165) is 43.4 Å². The van der Waals surface area contributed by atoms with Crippen molar-refractivity contribution in [3.8, 4) is 0 Å². The number of anilines is 1. The number of aryl methyl sites for hydroxylation is 2. The zero-order valence-corrected chi connectivity index (χ0v) is 16.5. The summed E-state index contributed by atoms with van der Waals surface area (Å²) in [6.07, 6.45) is 7.89. The Bertz CT molecular complexity index is 726. The number of aromatic nitrogens is 1. The Labute approximate surface area is 159 Å². The number of amides is 1. The number of piperidine rings is 1. The highest BCUT2D eigenvalue weighted by molar-refractivity contribution is 7.11. The van der Waals surface area contributed by atoms with Gasteiger partial charge in [-0.15, -0.1) is 11.3 Å². The van der Waals surface area contributed by atoms with Crippen LogP contribution in [0.2, 0.25) is 0 Å². The van der Waals surface area contributed by atoms with Crippen LogP contribution in [0.5, 0.6) is 0 Å². The average Bonchev–Trinajstić information content (AvgIpc) is 3.06. The first kappa shape index (κ1) is 19.1. The van der Waals surface area contributed by atoms with Crippen LogP contribution in [-0.2, 0) is 11.2 Å². The van der Waals surface area contributed by atoms with Gasteiger partial charge in [0.15, 0.2) is 0 Å². The number of rotatable bonds is 7. The van der Waals surface area contributed by atoms with Gasteiger partial charge in [0, 0.05) is 29.2 Å². The summed E-state index contributed by atoms with van der Waals surface area (Å²) < 4.78 is 0. The highest BCUT2D eigenvalue weighted by atomic mass is 32.1. The van der Waals surface area contributed by atoms with E-state index in [1.165, 1.54) is 9.88 Å². The number of carbonyl (C=O) groups excluding carboxylic acids is 1. The summed E-state index contributed by atoms with van der Waals surface area (Å²) in [5.74, 6) is 0.218. The Kier molecular flexibility index (Phi) is 6.43. The molecular weight excluding hydrogens is 344 g/mol. The molecule has 0 saturated carbocycles. The van der Waals surface area contributed by atoms with Gasteiger partial charge in [-0.25, -0.2) is 4.98 Å². The number of thiazole rings is 1. The van der Waals surface area contributed by atoms with Gasteiger partial charge in [-0.2, -0.15) is 0 Å². The van der Waals surface area contributed by atoms with Crippen LogP contribution in [0.4, 0.5) is 5.69 Å². The van der Waals surface area contributed by atoms with Crippen molar-refractivity contribution < 1.29 is 9.90 Å². The topological polar surface area (TPSA) is 53.4 Å². The molecule has 5 heteroatoms. The van der Waals surface area contributed by atoms with Gasteiger partial charge in [0.25, 0.3) is 0 Å². The maximum Gasteiger partial charge on any atom is 0.227 e. The maximum atomic E-state index is 12.6. The van der Waals surface area contributed by atoms with E-state index in [1.54, 1.807) is 11.3 Å². The van der Waals surface area contributed by atoms with E-state index in [9.17, 15) is 9.90 Å². The fourth-order valence-corrected chi connectivity index (χ4v) is 4.50. The van der Waals surface area contributed by atoms with Crippen molar-refractivity contribution in [1.82, 2.24) is 4.98 Å². The zero-order chi connectivity index (χ0) is 18.5. The van der Waals surface area contributed by atoms with Crippen LogP contribution in [0.3, 0.4) is 0 Å². The number of nitrogens with zero attached hydrogens (tertiary/aromatic N) is 2. The first-order valence-electron chi connectivity index (χ1n) is 9.60. The molecule has 1 saturated heterocycles. The highest BCUT2D eigenvalue weighted by Crippen LogP contribution is 2.30. The SMILES string of the molecule is CCC(O)c1ccc(N2C(=O)CCCC2CCCc2ncc(C)s2)cc1. The molecule has 2 heterocycles. The second-order valence-electron chi connectivity index (χ2n) is 7.08. The predicted molar refractivity (Wildman–Crippen MR) is 107 cm³/mol. The number of aliphatic hydroxyl groups excluding tert-OH is 1. The lowest BCUT2D eigenvalue weighted by Gasteiger charge is -2.36. The van der Waals surface area contributed by atoms with Crippen LogP contribution >= 0.6 is 11.3 Å². The van der Waals surface area contributed by atoms with Gasteiger partial charge in [-0.05, 0) is 63.1 Å². The van der Waals surface area contributed by atoms with Gasteiger partial charge in [-0.3, -0.25) is 4.79 Å². The van der Waals surface area contributed by atoms with Crippen LogP contribution in [0, 0.1) is 6.92 Å². The molecule has 3 rings (SSSR count). The molecule has 0 aliphatic carbocycles. The first-order valence-corrected chi connectivity index (χ1v) is 10.4. The average molecular weight is 373 g/mol. The molecule has 1 aliphatic rings. The molecule has 0 bridgehead atoms. The molecule has 2 unspecified atom stereocenters. The van der Waals surface area contributed by atoms with Crippen LogP contribution in [0.25, 0.3) is 0 Å². The highest BCUT2D eigenvalue weighted by Gasteiger charge is 2.29.